The number of aromatic hydroxyl groups is 1. The van der Waals surface area contributed by atoms with Gasteiger partial charge in [-0.1, -0.05) is 36.4 Å². The van der Waals surface area contributed by atoms with Gasteiger partial charge in [-0.25, -0.2) is 0 Å². The molecule has 0 saturated carbocycles. The minimum Gasteiger partial charge on any atom is -0.493 e. The maximum absolute atomic E-state index is 13.1. The molecule has 3 heterocycles. The normalized spacial score (nSPS) is 19.5. The Morgan fingerprint density at radius 3 is 2.58 bits per heavy atom. The quantitative estimate of drug-likeness (QED) is 0.439. The van der Waals surface area contributed by atoms with E-state index in [1.807, 2.05) is 18.2 Å². The molecule has 0 bridgehead atoms. The first-order valence-corrected chi connectivity index (χ1v) is 9.36. The van der Waals surface area contributed by atoms with E-state index in [9.17, 15) is 20.0 Å². The first kappa shape index (κ1) is 18.6. The maximum Gasteiger partial charge on any atom is 0.335 e. The number of aromatic nitrogens is 1. The fourth-order valence-corrected chi connectivity index (χ4v) is 4.18. The number of nitrogens with one attached hydrogen (secondary N) is 2. The van der Waals surface area contributed by atoms with Gasteiger partial charge < -0.3 is 14.6 Å². The van der Waals surface area contributed by atoms with Gasteiger partial charge in [0.15, 0.2) is 0 Å². The fraction of sp³-hybridized carbons (Fsp3) is 0.150. The van der Waals surface area contributed by atoms with Crippen LogP contribution in [-0.2, 0) is 17.4 Å². The summed E-state index contributed by atoms with van der Waals surface area (Å²) in [6.07, 6.45) is 0. The number of hydrazine groups is 1. The number of carbonyl (C=O) groups is 1. The molecule has 5 rings (SSSR count). The van der Waals surface area contributed by atoms with Crippen molar-refractivity contribution in [1.29, 1.82) is 0 Å². The van der Waals surface area contributed by atoms with Gasteiger partial charge >= 0.3 is 5.70 Å². The lowest BCUT2D eigenvalue weighted by Crippen LogP contribution is -2.40. The van der Waals surface area contributed by atoms with Crippen molar-refractivity contribution in [3.05, 3.63) is 75.7 Å². The van der Waals surface area contributed by atoms with Crippen molar-refractivity contribution < 1.29 is 14.8 Å². The Morgan fingerprint density at radius 2 is 1.81 bits per heavy atom. The molecule has 0 radical (unpaired) electrons. The number of benzene rings is 2. The van der Waals surface area contributed by atoms with Gasteiger partial charge in [0.25, 0.3) is 11.4 Å². The Hall–Kier alpha value is -4.41. The number of azo groups is 1. The van der Waals surface area contributed by atoms with Gasteiger partial charge in [0.05, 0.1) is 16.1 Å². The topological polar surface area (TPSA) is 137 Å². The summed E-state index contributed by atoms with van der Waals surface area (Å²) in [5.74, 6) is -0.839. The number of likely N-dealkylation sites (N-methyl/N-ethyl adjacent to an activating group) is 1. The molecule has 2 aliphatic heterocycles. The minimum atomic E-state index is -1.86. The number of nitro groups is 1. The molecule has 0 saturated heterocycles. The average Bonchev–Trinajstić information content (AvgIpc) is 3.35. The molecule has 31 heavy (non-hydrogen) atoms. The number of carbonyl (C=O) groups excluding carboxylic acids is 1. The van der Waals surface area contributed by atoms with Gasteiger partial charge in [-0.05, 0) is 12.1 Å². The molecule has 1 aromatic heterocycles. The number of aryl methyl sites for hydroxylation is 1. The van der Waals surface area contributed by atoms with Gasteiger partial charge in [0.2, 0.25) is 11.7 Å². The number of rotatable bonds is 4. The van der Waals surface area contributed by atoms with Crippen molar-refractivity contribution in [2.45, 2.75) is 5.54 Å². The second-order valence-electron chi connectivity index (χ2n) is 7.27. The summed E-state index contributed by atoms with van der Waals surface area (Å²) in [7, 11) is 3.24. The average molecular weight is 419 g/mol. The van der Waals surface area contributed by atoms with E-state index < -0.39 is 22.1 Å². The van der Waals surface area contributed by atoms with E-state index in [0.29, 0.717) is 22.3 Å². The lowest BCUT2D eigenvalue weighted by Gasteiger charge is -2.16. The van der Waals surface area contributed by atoms with E-state index in [1.54, 1.807) is 49.0 Å². The summed E-state index contributed by atoms with van der Waals surface area (Å²) in [6, 6.07) is 14.0. The van der Waals surface area contributed by atoms with Gasteiger partial charge in [-0.3, -0.25) is 25.8 Å². The molecule has 2 aliphatic rings. The zero-order valence-electron chi connectivity index (χ0n) is 16.5. The molecule has 2 aromatic carbocycles. The van der Waals surface area contributed by atoms with Crippen molar-refractivity contribution in [1.82, 2.24) is 9.99 Å². The van der Waals surface area contributed by atoms with Crippen LogP contribution in [0, 0.1) is 10.1 Å². The van der Waals surface area contributed by atoms with Crippen LogP contribution in [0.15, 0.2) is 70.3 Å². The standard InChI is InChI=1S/C20H17N7O4/c1-25-13-9-5-3-7-11(13)15(18(25)28)21-22-17-16(27(30)31)20(24-23-17)12-8-4-6-10-14(12)26(2)19(20)29/h3-10,21-22,28H,1-2H3/t20-/m1/s1. The minimum absolute atomic E-state index is 0.0661. The largest absolute Gasteiger partial charge is 0.493 e. The van der Waals surface area contributed by atoms with E-state index >= 15 is 0 Å². The predicted molar refractivity (Wildman–Crippen MR) is 112 cm³/mol. The van der Waals surface area contributed by atoms with E-state index in [-0.39, 0.29) is 11.7 Å². The third-order valence-electron chi connectivity index (χ3n) is 5.70. The molecular formula is C20H17N7O4. The molecule has 0 fully saturated rings. The summed E-state index contributed by atoms with van der Waals surface area (Å²) in [5, 5.41) is 31.3. The Balaban J connectivity index is 1.59. The molecule has 1 amide bonds. The lowest BCUT2D eigenvalue weighted by molar-refractivity contribution is -0.434. The molecule has 156 valence electrons. The first-order chi connectivity index (χ1) is 14.9. The maximum atomic E-state index is 13.1. The molecule has 1 atom stereocenters. The monoisotopic (exact) mass is 419 g/mol. The van der Waals surface area contributed by atoms with Crippen LogP contribution in [0.2, 0.25) is 0 Å². The molecule has 11 nitrogen and oxygen atoms in total. The van der Waals surface area contributed by atoms with Gasteiger partial charge in [0.1, 0.15) is 5.69 Å². The van der Waals surface area contributed by atoms with Crippen LogP contribution in [-0.4, -0.2) is 27.6 Å². The summed E-state index contributed by atoms with van der Waals surface area (Å²) < 4.78 is 1.57. The number of amides is 1. The Labute approximate surface area is 175 Å². The zero-order valence-corrected chi connectivity index (χ0v) is 16.5. The molecule has 0 aliphatic carbocycles. The van der Waals surface area contributed by atoms with Crippen molar-refractivity contribution in [2.75, 3.05) is 17.4 Å². The number of nitrogens with zero attached hydrogens (tertiary/aromatic N) is 5. The van der Waals surface area contributed by atoms with Crippen LogP contribution in [0.3, 0.4) is 0 Å². The summed E-state index contributed by atoms with van der Waals surface area (Å²) >= 11 is 0. The lowest BCUT2D eigenvalue weighted by atomic mass is 9.89. The third-order valence-corrected chi connectivity index (χ3v) is 5.70. The summed E-state index contributed by atoms with van der Waals surface area (Å²) in [5.41, 5.74) is 5.14. The van der Waals surface area contributed by atoms with E-state index in [1.165, 1.54) is 4.90 Å². The highest BCUT2D eigenvalue weighted by Crippen LogP contribution is 2.50. The fourth-order valence-electron chi connectivity index (χ4n) is 4.18. The SMILES string of the molecule is CN1C(=O)[C@@]2(N=NC(NNc3c(O)n(C)c4ccccc34)=C2[N+](=O)[O-])c2ccccc21. The van der Waals surface area contributed by atoms with Crippen LogP contribution in [0.4, 0.5) is 11.4 Å². The zero-order chi connectivity index (χ0) is 21.9. The van der Waals surface area contributed by atoms with Crippen LogP contribution >= 0.6 is 0 Å². The van der Waals surface area contributed by atoms with Crippen molar-refractivity contribution in [3.8, 4) is 5.88 Å². The molecule has 0 unspecified atom stereocenters. The van der Waals surface area contributed by atoms with E-state index in [4.69, 9.17) is 0 Å². The van der Waals surface area contributed by atoms with Crippen molar-refractivity contribution in [3.63, 3.8) is 0 Å². The molecular weight excluding hydrogens is 402 g/mol. The van der Waals surface area contributed by atoms with Crippen molar-refractivity contribution in [2.24, 2.45) is 17.3 Å². The summed E-state index contributed by atoms with van der Waals surface area (Å²) in [6.45, 7) is 0. The predicted octanol–water partition coefficient (Wildman–Crippen LogP) is 2.58. The molecule has 3 N–H and O–H groups in total. The second kappa shape index (κ2) is 6.29. The van der Waals surface area contributed by atoms with E-state index in [2.05, 4.69) is 21.1 Å². The van der Waals surface area contributed by atoms with Gasteiger partial charge in [-0.2, -0.15) is 5.11 Å². The molecule has 3 aromatic rings. The first-order valence-electron chi connectivity index (χ1n) is 9.36. The van der Waals surface area contributed by atoms with Crippen molar-refractivity contribution >= 4 is 28.2 Å². The second-order valence-corrected chi connectivity index (χ2v) is 7.27. The third kappa shape index (κ3) is 2.31. The Bertz CT molecular complexity index is 1340. The van der Waals surface area contributed by atoms with Crippen LogP contribution in [0.25, 0.3) is 10.9 Å². The smallest absolute Gasteiger partial charge is 0.335 e. The van der Waals surface area contributed by atoms with Crippen LogP contribution in [0.5, 0.6) is 5.88 Å². The number of anilines is 2. The summed E-state index contributed by atoms with van der Waals surface area (Å²) in [4.78, 5) is 25.8. The highest BCUT2D eigenvalue weighted by molar-refractivity contribution is 6.09. The number of hydrogen-bond donors (Lipinski definition) is 3. The van der Waals surface area contributed by atoms with Crippen LogP contribution in [0.1, 0.15) is 5.56 Å². The molecule has 1 spiro atoms. The number of fused-ring (bicyclic) bond motifs is 3. The van der Waals surface area contributed by atoms with Gasteiger partial charge in [-0.15, -0.1) is 5.11 Å². The highest BCUT2D eigenvalue weighted by atomic mass is 16.6. The van der Waals surface area contributed by atoms with Gasteiger partial charge in [0, 0.05) is 25.0 Å². The van der Waals surface area contributed by atoms with E-state index in [0.717, 1.165) is 5.52 Å². The number of para-hydroxylation sites is 2. The van der Waals surface area contributed by atoms with Crippen LogP contribution < -0.4 is 15.8 Å². The number of hydrogen-bond acceptors (Lipinski definition) is 8. The highest BCUT2D eigenvalue weighted by Gasteiger charge is 2.63. The molecule has 11 heteroatoms. The Morgan fingerprint density at radius 1 is 1.10 bits per heavy atom. The Kier molecular flexibility index (Phi) is 3.78.